The van der Waals surface area contributed by atoms with E-state index in [-0.39, 0.29) is 5.92 Å². The fourth-order valence-electron chi connectivity index (χ4n) is 1.58. The molecule has 0 amide bonds. The molecule has 1 aromatic rings. The molecular weight excluding hydrogens is 252 g/mol. The number of hydrogen-bond donors (Lipinski definition) is 0. The Balaban J connectivity index is 2.56. The molecule has 15 heavy (non-hydrogen) atoms. The van der Waals surface area contributed by atoms with Crippen molar-refractivity contribution in [3.8, 4) is 0 Å². The lowest BCUT2D eigenvalue weighted by molar-refractivity contribution is -0.112. The Morgan fingerprint density at radius 2 is 2.00 bits per heavy atom. The minimum Gasteiger partial charge on any atom is -0.303 e. The first kappa shape index (κ1) is 12.4. The van der Waals surface area contributed by atoms with Crippen molar-refractivity contribution in [1.29, 1.82) is 0 Å². The van der Waals surface area contributed by atoms with Gasteiger partial charge in [0.05, 0.1) is 0 Å². The second kappa shape index (κ2) is 6.06. The van der Waals surface area contributed by atoms with Crippen molar-refractivity contribution in [2.24, 2.45) is 11.8 Å². The Kier molecular flexibility index (Phi) is 5.03. The van der Waals surface area contributed by atoms with Gasteiger partial charge in [-0.25, -0.2) is 0 Å². The molecule has 0 spiro atoms. The first-order valence-corrected chi connectivity index (χ1v) is 6.13. The molecule has 1 rings (SSSR count). The SMILES string of the molecule is CC(C)C(C=O)CCc1ccccc1Br. The number of halogens is 1. The molecule has 0 aliphatic rings. The van der Waals surface area contributed by atoms with E-state index >= 15 is 0 Å². The molecule has 0 aliphatic heterocycles. The number of aldehydes is 1. The summed E-state index contributed by atoms with van der Waals surface area (Å²) in [7, 11) is 0. The van der Waals surface area contributed by atoms with E-state index in [2.05, 4.69) is 35.8 Å². The molecule has 1 atom stereocenters. The van der Waals surface area contributed by atoms with Crippen LogP contribution in [0.4, 0.5) is 0 Å². The van der Waals surface area contributed by atoms with Crippen molar-refractivity contribution >= 4 is 22.2 Å². The Bertz CT molecular complexity index is 320. The van der Waals surface area contributed by atoms with Gasteiger partial charge < -0.3 is 4.79 Å². The van der Waals surface area contributed by atoms with Crippen LogP contribution in [0.1, 0.15) is 25.8 Å². The molecule has 0 N–H and O–H groups in total. The molecule has 1 nitrogen and oxygen atoms in total. The quantitative estimate of drug-likeness (QED) is 0.742. The summed E-state index contributed by atoms with van der Waals surface area (Å²) in [4.78, 5) is 10.8. The van der Waals surface area contributed by atoms with Crippen molar-refractivity contribution in [1.82, 2.24) is 0 Å². The number of aryl methyl sites for hydroxylation is 1. The summed E-state index contributed by atoms with van der Waals surface area (Å²) in [5, 5.41) is 0. The zero-order valence-electron chi connectivity index (χ0n) is 9.24. The van der Waals surface area contributed by atoms with Crippen LogP contribution in [0.2, 0.25) is 0 Å². The lowest BCUT2D eigenvalue weighted by atomic mass is 9.91. The van der Waals surface area contributed by atoms with Gasteiger partial charge in [-0.3, -0.25) is 0 Å². The highest BCUT2D eigenvalue weighted by Gasteiger charge is 2.12. The Hall–Kier alpha value is -0.630. The molecule has 0 bridgehead atoms. The Labute approximate surface area is 100 Å². The monoisotopic (exact) mass is 268 g/mol. The van der Waals surface area contributed by atoms with Crippen molar-refractivity contribution in [2.75, 3.05) is 0 Å². The summed E-state index contributed by atoms with van der Waals surface area (Å²) in [6, 6.07) is 8.19. The van der Waals surface area contributed by atoms with Crippen LogP contribution in [-0.4, -0.2) is 6.29 Å². The van der Waals surface area contributed by atoms with Crippen LogP contribution in [0.3, 0.4) is 0 Å². The number of rotatable bonds is 5. The molecule has 0 aliphatic carbocycles. The highest BCUT2D eigenvalue weighted by molar-refractivity contribution is 9.10. The molecule has 0 saturated carbocycles. The standard InChI is InChI=1S/C13H17BrO/c1-10(2)12(9-15)8-7-11-5-3-4-6-13(11)14/h3-6,9-10,12H,7-8H2,1-2H3. The van der Waals surface area contributed by atoms with Crippen molar-refractivity contribution in [2.45, 2.75) is 26.7 Å². The highest BCUT2D eigenvalue weighted by Crippen LogP contribution is 2.21. The number of hydrogen-bond acceptors (Lipinski definition) is 1. The van der Waals surface area contributed by atoms with E-state index in [9.17, 15) is 4.79 Å². The van der Waals surface area contributed by atoms with E-state index in [1.54, 1.807) is 0 Å². The normalized spacial score (nSPS) is 12.8. The van der Waals surface area contributed by atoms with Crippen LogP contribution in [0, 0.1) is 11.8 Å². The maximum absolute atomic E-state index is 10.8. The Morgan fingerprint density at radius 1 is 1.33 bits per heavy atom. The van der Waals surface area contributed by atoms with E-state index in [0.29, 0.717) is 5.92 Å². The van der Waals surface area contributed by atoms with Crippen LogP contribution in [0.15, 0.2) is 28.7 Å². The van der Waals surface area contributed by atoms with Crippen LogP contribution >= 0.6 is 15.9 Å². The van der Waals surface area contributed by atoms with Crippen LogP contribution in [0.25, 0.3) is 0 Å². The average molecular weight is 269 g/mol. The van der Waals surface area contributed by atoms with E-state index in [0.717, 1.165) is 23.6 Å². The summed E-state index contributed by atoms with van der Waals surface area (Å²) in [6.07, 6.45) is 2.98. The molecule has 82 valence electrons. The van der Waals surface area contributed by atoms with Gasteiger partial charge in [-0.15, -0.1) is 0 Å². The minimum atomic E-state index is 0.178. The average Bonchev–Trinajstić information content (AvgIpc) is 2.21. The van der Waals surface area contributed by atoms with Gasteiger partial charge in [-0.2, -0.15) is 0 Å². The predicted octanol–water partition coefficient (Wildman–Crippen LogP) is 3.85. The molecule has 1 unspecified atom stereocenters. The first-order valence-electron chi connectivity index (χ1n) is 5.34. The molecular formula is C13H17BrO. The number of carbonyl (C=O) groups excluding carboxylic acids is 1. The van der Waals surface area contributed by atoms with Gasteiger partial charge in [-0.1, -0.05) is 48.0 Å². The van der Waals surface area contributed by atoms with Gasteiger partial charge in [0.2, 0.25) is 0 Å². The zero-order valence-corrected chi connectivity index (χ0v) is 10.8. The van der Waals surface area contributed by atoms with E-state index < -0.39 is 0 Å². The Morgan fingerprint density at radius 3 is 2.53 bits per heavy atom. The van der Waals surface area contributed by atoms with Gasteiger partial charge in [0.1, 0.15) is 6.29 Å². The lowest BCUT2D eigenvalue weighted by Gasteiger charge is -2.14. The summed E-state index contributed by atoms with van der Waals surface area (Å²) in [5.41, 5.74) is 1.28. The largest absolute Gasteiger partial charge is 0.303 e. The number of carbonyl (C=O) groups is 1. The molecule has 0 saturated heterocycles. The third-order valence-electron chi connectivity index (χ3n) is 2.74. The van der Waals surface area contributed by atoms with Crippen LogP contribution < -0.4 is 0 Å². The van der Waals surface area contributed by atoms with Crippen LogP contribution in [0.5, 0.6) is 0 Å². The molecule has 1 aromatic carbocycles. The third-order valence-corrected chi connectivity index (χ3v) is 3.51. The lowest BCUT2D eigenvalue weighted by Crippen LogP contribution is -2.11. The first-order chi connectivity index (χ1) is 7.15. The van der Waals surface area contributed by atoms with Crippen LogP contribution in [-0.2, 0) is 11.2 Å². The van der Waals surface area contributed by atoms with Gasteiger partial charge >= 0.3 is 0 Å². The molecule has 0 aromatic heterocycles. The summed E-state index contributed by atoms with van der Waals surface area (Å²) >= 11 is 3.52. The predicted molar refractivity (Wildman–Crippen MR) is 66.9 cm³/mol. The fourth-order valence-corrected chi connectivity index (χ4v) is 2.06. The van der Waals surface area contributed by atoms with Crippen molar-refractivity contribution in [3.63, 3.8) is 0 Å². The van der Waals surface area contributed by atoms with E-state index in [4.69, 9.17) is 0 Å². The van der Waals surface area contributed by atoms with Gasteiger partial charge in [0.25, 0.3) is 0 Å². The topological polar surface area (TPSA) is 17.1 Å². The fraction of sp³-hybridized carbons (Fsp3) is 0.462. The summed E-state index contributed by atoms with van der Waals surface area (Å²) in [5.74, 6) is 0.613. The molecule has 0 heterocycles. The van der Waals surface area contributed by atoms with Gasteiger partial charge in [0, 0.05) is 10.4 Å². The highest BCUT2D eigenvalue weighted by atomic mass is 79.9. The zero-order chi connectivity index (χ0) is 11.3. The van der Waals surface area contributed by atoms with Gasteiger partial charge in [0.15, 0.2) is 0 Å². The molecule has 2 heteroatoms. The number of benzene rings is 1. The summed E-state index contributed by atoms with van der Waals surface area (Å²) in [6.45, 7) is 4.19. The van der Waals surface area contributed by atoms with E-state index in [1.807, 2.05) is 18.2 Å². The smallest absolute Gasteiger partial charge is 0.123 e. The van der Waals surface area contributed by atoms with E-state index in [1.165, 1.54) is 5.56 Å². The summed E-state index contributed by atoms with van der Waals surface area (Å²) < 4.78 is 1.14. The second-order valence-corrected chi connectivity index (χ2v) is 5.03. The third kappa shape index (κ3) is 3.78. The molecule has 0 fully saturated rings. The maximum Gasteiger partial charge on any atom is 0.123 e. The van der Waals surface area contributed by atoms with Gasteiger partial charge in [-0.05, 0) is 30.4 Å². The minimum absolute atomic E-state index is 0.178. The second-order valence-electron chi connectivity index (χ2n) is 4.17. The van der Waals surface area contributed by atoms with Crippen molar-refractivity contribution in [3.05, 3.63) is 34.3 Å². The molecule has 0 radical (unpaired) electrons. The maximum atomic E-state index is 10.8. The van der Waals surface area contributed by atoms with Crippen molar-refractivity contribution < 1.29 is 4.79 Å².